The molecule has 0 aliphatic heterocycles. The lowest BCUT2D eigenvalue weighted by molar-refractivity contribution is -0.384. The van der Waals surface area contributed by atoms with Crippen LogP contribution < -0.4 is 5.32 Å². The van der Waals surface area contributed by atoms with Gasteiger partial charge in [0.25, 0.3) is 0 Å². The highest BCUT2D eigenvalue weighted by Gasteiger charge is 2.31. The molecular weight excluding hydrogens is 256 g/mol. The highest BCUT2D eigenvalue weighted by Crippen LogP contribution is 2.34. The minimum atomic E-state index is -0.498. The topological polar surface area (TPSA) is 81.0 Å². The summed E-state index contributed by atoms with van der Waals surface area (Å²) in [7, 11) is 0. The van der Waals surface area contributed by atoms with Gasteiger partial charge in [-0.05, 0) is 36.3 Å². The summed E-state index contributed by atoms with van der Waals surface area (Å²) in [6.07, 6.45) is 3.24. The molecule has 3 atom stereocenters. The van der Waals surface area contributed by atoms with Crippen molar-refractivity contribution in [3.63, 3.8) is 0 Å². The monoisotopic (exact) mass is 270 g/mol. The molecule has 18 heavy (non-hydrogen) atoms. The summed E-state index contributed by atoms with van der Waals surface area (Å²) >= 11 is 5.69. The van der Waals surface area contributed by atoms with Gasteiger partial charge in [-0.25, -0.2) is 4.98 Å². The molecule has 1 saturated carbocycles. The van der Waals surface area contributed by atoms with Crippen LogP contribution in [0.1, 0.15) is 26.7 Å². The summed E-state index contributed by atoms with van der Waals surface area (Å²) < 4.78 is 0. The molecule has 1 heterocycles. The van der Waals surface area contributed by atoms with Crippen LogP contribution in [0.2, 0.25) is 5.28 Å². The molecule has 0 spiro atoms. The highest BCUT2D eigenvalue weighted by atomic mass is 35.5. The number of anilines is 1. The van der Waals surface area contributed by atoms with E-state index < -0.39 is 4.92 Å². The number of nitro groups is 1. The van der Waals surface area contributed by atoms with Crippen molar-refractivity contribution in [2.75, 3.05) is 5.32 Å². The summed E-state index contributed by atoms with van der Waals surface area (Å²) in [5, 5.41) is 14.0. The molecule has 1 aromatic heterocycles. The summed E-state index contributed by atoms with van der Waals surface area (Å²) in [4.78, 5) is 18.0. The predicted molar refractivity (Wildman–Crippen MR) is 68.7 cm³/mol. The Labute approximate surface area is 110 Å². The lowest BCUT2D eigenvalue weighted by atomic mass is 9.98. The van der Waals surface area contributed by atoms with Crippen molar-refractivity contribution in [1.29, 1.82) is 0 Å². The fraction of sp³-hybridized carbons (Fsp3) is 0.636. The van der Waals surface area contributed by atoms with Crippen molar-refractivity contribution >= 4 is 23.1 Å². The number of hydrogen-bond donors (Lipinski definition) is 1. The molecule has 1 aliphatic carbocycles. The predicted octanol–water partition coefficient (Wildman–Crippen LogP) is 2.88. The normalized spacial score (nSPS) is 27.2. The standard InChI is InChI=1S/C11H15ClN4O2/c1-6-3-4-8(7(6)2)14-10-9(16(17)18)5-13-11(12)15-10/h5-8H,3-4H2,1-2H3,(H,13,14,15). The van der Waals surface area contributed by atoms with Gasteiger partial charge in [0.1, 0.15) is 6.20 Å². The van der Waals surface area contributed by atoms with Crippen LogP contribution in [0.15, 0.2) is 6.20 Å². The molecule has 1 aromatic rings. The molecule has 98 valence electrons. The first-order valence-electron chi connectivity index (χ1n) is 5.92. The third kappa shape index (κ3) is 2.53. The lowest BCUT2D eigenvalue weighted by Crippen LogP contribution is -2.25. The zero-order chi connectivity index (χ0) is 13.3. The Hall–Kier alpha value is -1.43. The third-order valence-corrected chi connectivity index (χ3v) is 3.91. The molecule has 0 aromatic carbocycles. The zero-order valence-electron chi connectivity index (χ0n) is 10.3. The van der Waals surface area contributed by atoms with E-state index in [4.69, 9.17) is 11.6 Å². The summed E-state index contributed by atoms with van der Waals surface area (Å²) in [5.41, 5.74) is -0.133. The Balaban J connectivity index is 2.23. The Morgan fingerprint density at radius 1 is 1.50 bits per heavy atom. The molecular formula is C11H15ClN4O2. The Morgan fingerprint density at radius 3 is 2.78 bits per heavy atom. The molecule has 1 N–H and O–H groups in total. The Morgan fingerprint density at radius 2 is 2.22 bits per heavy atom. The van der Waals surface area contributed by atoms with Gasteiger partial charge in [-0.3, -0.25) is 10.1 Å². The van der Waals surface area contributed by atoms with E-state index in [1.165, 1.54) is 0 Å². The number of aromatic nitrogens is 2. The highest BCUT2D eigenvalue weighted by molar-refractivity contribution is 6.28. The summed E-state index contributed by atoms with van der Waals surface area (Å²) in [6.45, 7) is 4.33. The van der Waals surface area contributed by atoms with Crippen LogP contribution >= 0.6 is 11.6 Å². The van der Waals surface area contributed by atoms with E-state index in [0.29, 0.717) is 11.8 Å². The average molecular weight is 271 g/mol. The Kier molecular flexibility index (Phi) is 3.65. The van der Waals surface area contributed by atoms with Gasteiger partial charge in [0, 0.05) is 6.04 Å². The number of nitrogens with one attached hydrogen (secondary N) is 1. The summed E-state index contributed by atoms with van der Waals surface area (Å²) in [5.74, 6) is 1.28. The second-order valence-electron chi connectivity index (χ2n) is 4.79. The largest absolute Gasteiger partial charge is 0.361 e. The zero-order valence-corrected chi connectivity index (χ0v) is 11.0. The van der Waals surface area contributed by atoms with E-state index in [0.717, 1.165) is 19.0 Å². The van der Waals surface area contributed by atoms with Crippen molar-refractivity contribution in [1.82, 2.24) is 9.97 Å². The first-order chi connectivity index (χ1) is 8.49. The van der Waals surface area contributed by atoms with Gasteiger partial charge < -0.3 is 5.32 Å². The maximum Gasteiger partial charge on any atom is 0.329 e. The van der Waals surface area contributed by atoms with Crippen LogP contribution in [0.25, 0.3) is 0 Å². The third-order valence-electron chi connectivity index (χ3n) is 3.72. The molecule has 0 amide bonds. The van der Waals surface area contributed by atoms with Gasteiger partial charge in [-0.15, -0.1) is 0 Å². The van der Waals surface area contributed by atoms with E-state index in [1.807, 2.05) is 0 Å². The number of nitrogens with zero attached hydrogens (tertiary/aromatic N) is 3. The number of rotatable bonds is 3. The molecule has 6 nitrogen and oxygen atoms in total. The van der Waals surface area contributed by atoms with E-state index in [9.17, 15) is 10.1 Å². The molecule has 0 saturated heterocycles. The number of hydrogen-bond acceptors (Lipinski definition) is 5. The van der Waals surface area contributed by atoms with E-state index in [1.54, 1.807) is 0 Å². The van der Waals surface area contributed by atoms with Gasteiger partial charge in [0.15, 0.2) is 0 Å². The molecule has 3 unspecified atom stereocenters. The first kappa shape index (κ1) is 13.0. The quantitative estimate of drug-likeness (QED) is 0.519. The smallest absolute Gasteiger partial charge is 0.329 e. The van der Waals surface area contributed by atoms with E-state index in [2.05, 4.69) is 29.1 Å². The lowest BCUT2D eigenvalue weighted by Gasteiger charge is -2.19. The Bertz CT molecular complexity index is 468. The van der Waals surface area contributed by atoms with Crippen LogP contribution in [0, 0.1) is 22.0 Å². The first-order valence-corrected chi connectivity index (χ1v) is 6.30. The molecule has 0 bridgehead atoms. The van der Waals surface area contributed by atoms with Gasteiger partial charge in [-0.2, -0.15) is 4.98 Å². The fourth-order valence-electron chi connectivity index (χ4n) is 2.34. The minimum Gasteiger partial charge on any atom is -0.361 e. The van der Waals surface area contributed by atoms with Crippen LogP contribution in [-0.4, -0.2) is 20.9 Å². The molecule has 1 fully saturated rings. The molecule has 1 aliphatic rings. The van der Waals surface area contributed by atoms with Crippen molar-refractivity contribution in [3.8, 4) is 0 Å². The van der Waals surface area contributed by atoms with Gasteiger partial charge in [-0.1, -0.05) is 13.8 Å². The second kappa shape index (κ2) is 5.06. The molecule has 0 radical (unpaired) electrons. The summed E-state index contributed by atoms with van der Waals surface area (Å²) in [6, 6.07) is 0.199. The number of halogens is 1. The van der Waals surface area contributed by atoms with Gasteiger partial charge in [0.05, 0.1) is 4.92 Å². The van der Waals surface area contributed by atoms with Crippen LogP contribution in [0.3, 0.4) is 0 Å². The van der Waals surface area contributed by atoms with E-state index in [-0.39, 0.29) is 22.8 Å². The maximum absolute atomic E-state index is 10.9. The van der Waals surface area contributed by atoms with Gasteiger partial charge in [0.2, 0.25) is 11.1 Å². The van der Waals surface area contributed by atoms with E-state index >= 15 is 0 Å². The van der Waals surface area contributed by atoms with Crippen molar-refractivity contribution < 1.29 is 4.92 Å². The fourth-order valence-corrected chi connectivity index (χ4v) is 2.47. The second-order valence-corrected chi connectivity index (χ2v) is 5.13. The van der Waals surface area contributed by atoms with Crippen LogP contribution in [0.4, 0.5) is 11.5 Å². The SMILES string of the molecule is CC1CCC(Nc2nc(Cl)ncc2[N+](=O)[O-])C1C. The average Bonchev–Trinajstić information content (AvgIpc) is 2.61. The van der Waals surface area contributed by atoms with Crippen LogP contribution in [-0.2, 0) is 0 Å². The minimum absolute atomic E-state index is 0.0156. The maximum atomic E-state index is 10.9. The van der Waals surface area contributed by atoms with Crippen molar-refractivity contribution in [2.24, 2.45) is 11.8 Å². The molecule has 2 rings (SSSR count). The van der Waals surface area contributed by atoms with Crippen molar-refractivity contribution in [2.45, 2.75) is 32.7 Å². The van der Waals surface area contributed by atoms with Gasteiger partial charge >= 0.3 is 5.69 Å². The van der Waals surface area contributed by atoms with Crippen LogP contribution in [0.5, 0.6) is 0 Å². The molecule has 7 heteroatoms. The van der Waals surface area contributed by atoms with Crippen molar-refractivity contribution in [3.05, 3.63) is 21.6 Å².